The average molecular weight is 190 g/mol. The van der Waals surface area contributed by atoms with Crippen molar-refractivity contribution in [1.29, 1.82) is 0 Å². The van der Waals surface area contributed by atoms with Crippen molar-refractivity contribution in [1.82, 2.24) is 0 Å². The van der Waals surface area contributed by atoms with Crippen LogP contribution in [-0.4, -0.2) is 16.2 Å². The Bertz CT molecular complexity index is 363. The number of hydrogen-bond acceptors (Lipinski definition) is 2. The number of carbonyl (C=O) groups is 1. The Balaban J connectivity index is 2.66. The molecule has 14 heavy (non-hydrogen) atoms. The number of rotatable bonds is 3. The van der Waals surface area contributed by atoms with Crippen LogP contribution in [0.25, 0.3) is 6.08 Å². The second-order valence-corrected chi connectivity index (χ2v) is 2.63. The predicted molar refractivity (Wildman–Crippen MR) is 53.8 cm³/mol. The highest BCUT2D eigenvalue weighted by Gasteiger charge is 1.99. The van der Waals surface area contributed by atoms with Gasteiger partial charge in [-0.25, -0.2) is 4.79 Å². The molecule has 0 saturated carbocycles. The molecule has 3 nitrogen and oxygen atoms in total. The third-order valence-corrected chi connectivity index (χ3v) is 1.56. The third kappa shape index (κ3) is 3.15. The van der Waals surface area contributed by atoms with Crippen LogP contribution in [0.15, 0.2) is 48.2 Å². The van der Waals surface area contributed by atoms with Gasteiger partial charge in [0.1, 0.15) is 0 Å². The lowest BCUT2D eigenvalue weighted by atomic mass is 10.2. The number of carboxylic acids is 1. The normalized spacial score (nSPS) is 11.9. The maximum absolute atomic E-state index is 10.2. The maximum Gasteiger partial charge on any atom is 0.370 e. The highest BCUT2D eigenvalue weighted by atomic mass is 16.4. The fourth-order valence-corrected chi connectivity index (χ4v) is 0.886. The van der Waals surface area contributed by atoms with Crippen LogP contribution in [-0.2, 0) is 4.79 Å². The second-order valence-electron chi connectivity index (χ2n) is 2.63. The summed E-state index contributed by atoms with van der Waals surface area (Å²) < 4.78 is 0. The topological polar surface area (TPSA) is 57.5 Å². The van der Waals surface area contributed by atoms with Gasteiger partial charge in [-0.1, -0.05) is 42.5 Å². The Hall–Kier alpha value is -2.03. The molecule has 0 heterocycles. The Morgan fingerprint density at radius 3 is 2.36 bits per heavy atom. The molecule has 2 N–H and O–H groups in total. The van der Waals surface area contributed by atoms with Crippen molar-refractivity contribution >= 4 is 12.0 Å². The van der Waals surface area contributed by atoms with E-state index in [1.807, 2.05) is 30.3 Å². The molecule has 0 aliphatic rings. The number of aliphatic hydroxyl groups excluding tert-OH is 1. The molecule has 0 aromatic heterocycles. The molecule has 0 aliphatic carbocycles. The van der Waals surface area contributed by atoms with Crippen LogP contribution in [0.5, 0.6) is 0 Å². The number of benzene rings is 1. The predicted octanol–water partition coefficient (Wildman–Crippen LogP) is 2.23. The van der Waals surface area contributed by atoms with E-state index < -0.39 is 11.7 Å². The molecule has 0 amide bonds. The van der Waals surface area contributed by atoms with E-state index in [1.54, 1.807) is 6.08 Å². The van der Waals surface area contributed by atoms with Crippen molar-refractivity contribution in [2.45, 2.75) is 0 Å². The first-order valence-corrected chi connectivity index (χ1v) is 4.06. The summed E-state index contributed by atoms with van der Waals surface area (Å²) in [5.74, 6) is -2.00. The van der Waals surface area contributed by atoms with Crippen molar-refractivity contribution in [3.8, 4) is 0 Å². The number of aliphatic hydroxyl groups is 1. The van der Waals surface area contributed by atoms with Gasteiger partial charge in [0, 0.05) is 0 Å². The highest BCUT2D eigenvalue weighted by Crippen LogP contribution is 2.01. The van der Waals surface area contributed by atoms with Gasteiger partial charge in [0.25, 0.3) is 0 Å². The van der Waals surface area contributed by atoms with E-state index in [0.717, 1.165) is 11.6 Å². The molecule has 0 spiro atoms. The first kappa shape index (κ1) is 10.1. The molecule has 1 rings (SSSR count). The van der Waals surface area contributed by atoms with E-state index in [-0.39, 0.29) is 0 Å². The number of carboxylic acid groups (broad SMARTS) is 1. The summed E-state index contributed by atoms with van der Waals surface area (Å²) in [6.45, 7) is 0. The smallest absolute Gasteiger partial charge is 0.370 e. The Morgan fingerprint density at radius 2 is 1.79 bits per heavy atom. The molecule has 0 bridgehead atoms. The van der Waals surface area contributed by atoms with Crippen LogP contribution in [0.3, 0.4) is 0 Å². The van der Waals surface area contributed by atoms with Gasteiger partial charge in [-0.05, 0) is 11.6 Å². The zero-order valence-electron chi connectivity index (χ0n) is 7.42. The zero-order chi connectivity index (χ0) is 10.4. The average Bonchev–Trinajstić information content (AvgIpc) is 2.19. The van der Waals surface area contributed by atoms with Crippen LogP contribution < -0.4 is 0 Å². The lowest BCUT2D eigenvalue weighted by Crippen LogP contribution is -1.97. The second kappa shape index (κ2) is 4.87. The van der Waals surface area contributed by atoms with Crippen LogP contribution in [0.4, 0.5) is 0 Å². The van der Waals surface area contributed by atoms with Gasteiger partial charge in [0.05, 0.1) is 0 Å². The number of aliphatic carboxylic acids is 1. The first-order chi connectivity index (χ1) is 6.70. The summed E-state index contributed by atoms with van der Waals surface area (Å²) in [7, 11) is 0. The van der Waals surface area contributed by atoms with E-state index in [2.05, 4.69) is 0 Å². The van der Waals surface area contributed by atoms with Crippen molar-refractivity contribution in [3.63, 3.8) is 0 Å². The molecule has 3 heteroatoms. The standard InChI is InChI=1S/C11H10O3/c12-10(11(13)14)8-4-7-9-5-2-1-3-6-9/h1-8,12H,(H,13,14)/b7-4+,10-8+. The molecule has 0 saturated heterocycles. The fraction of sp³-hybridized carbons (Fsp3) is 0. The van der Waals surface area contributed by atoms with Crippen molar-refractivity contribution in [2.75, 3.05) is 0 Å². The first-order valence-electron chi connectivity index (χ1n) is 4.06. The summed E-state index contributed by atoms with van der Waals surface area (Å²) in [6, 6.07) is 9.40. The molecule has 1 aromatic carbocycles. The minimum Gasteiger partial charge on any atom is -0.502 e. The minimum atomic E-state index is -1.33. The van der Waals surface area contributed by atoms with Gasteiger partial charge in [0.2, 0.25) is 5.76 Å². The summed E-state index contributed by atoms with van der Waals surface area (Å²) >= 11 is 0. The molecule has 0 radical (unpaired) electrons. The van der Waals surface area contributed by atoms with Crippen LogP contribution in [0, 0.1) is 0 Å². The number of hydrogen-bond donors (Lipinski definition) is 2. The minimum absolute atomic E-state index is 0.669. The van der Waals surface area contributed by atoms with Crippen LogP contribution in [0.2, 0.25) is 0 Å². The maximum atomic E-state index is 10.2. The van der Waals surface area contributed by atoms with Crippen molar-refractivity contribution in [3.05, 3.63) is 53.8 Å². The van der Waals surface area contributed by atoms with Gasteiger partial charge >= 0.3 is 5.97 Å². The molecular weight excluding hydrogens is 180 g/mol. The molecule has 1 aromatic rings. The zero-order valence-corrected chi connectivity index (χ0v) is 7.42. The molecular formula is C11H10O3. The molecule has 72 valence electrons. The summed E-state index contributed by atoms with van der Waals surface area (Å²) in [5, 5.41) is 17.1. The van der Waals surface area contributed by atoms with E-state index in [9.17, 15) is 4.79 Å². The lowest BCUT2D eigenvalue weighted by Gasteiger charge is -1.89. The highest BCUT2D eigenvalue weighted by molar-refractivity contribution is 5.84. The Kier molecular flexibility index (Phi) is 3.49. The van der Waals surface area contributed by atoms with E-state index in [4.69, 9.17) is 10.2 Å². The van der Waals surface area contributed by atoms with E-state index in [1.165, 1.54) is 6.08 Å². The van der Waals surface area contributed by atoms with E-state index >= 15 is 0 Å². The van der Waals surface area contributed by atoms with Crippen LogP contribution >= 0.6 is 0 Å². The molecule has 0 aliphatic heterocycles. The van der Waals surface area contributed by atoms with Gasteiger partial charge in [0.15, 0.2) is 0 Å². The van der Waals surface area contributed by atoms with Gasteiger partial charge < -0.3 is 10.2 Å². The summed E-state index contributed by atoms with van der Waals surface area (Å²) in [4.78, 5) is 10.2. The quantitative estimate of drug-likeness (QED) is 0.436. The van der Waals surface area contributed by atoms with Gasteiger partial charge in [-0.3, -0.25) is 0 Å². The lowest BCUT2D eigenvalue weighted by molar-refractivity contribution is -0.135. The van der Waals surface area contributed by atoms with Crippen molar-refractivity contribution < 1.29 is 15.0 Å². The summed E-state index contributed by atoms with van der Waals surface area (Å²) in [6.07, 6.45) is 4.33. The monoisotopic (exact) mass is 190 g/mol. The summed E-state index contributed by atoms with van der Waals surface area (Å²) in [5.41, 5.74) is 0.946. The SMILES string of the molecule is O=C(O)/C(O)=C\C=C\c1ccccc1. The van der Waals surface area contributed by atoms with Crippen molar-refractivity contribution in [2.24, 2.45) is 0 Å². The molecule has 0 atom stereocenters. The van der Waals surface area contributed by atoms with Gasteiger partial charge in [-0.15, -0.1) is 0 Å². The third-order valence-electron chi connectivity index (χ3n) is 1.56. The number of allylic oxidation sites excluding steroid dienone is 2. The van der Waals surface area contributed by atoms with Gasteiger partial charge in [-0.2, -0.15) is 0 Å². The van der Waals surface area contributed by atoms with Crippen LogP contribution in [0.1, 0.15) is 5.56 Å². The molecule has 0 fully saturated rings. The Morgan fingerprint density at radius 1 is 1.14 bits per heavy atom. The molecule has 0 unspecified atom stereocenters. The fourth-order valence-electron chi connectivity index (χ4n) is 0.886. The van der Waals surface area contributed by atoms with E-state index in [0.29, 0.717) is 0 Å². The largest absolute Gasteiger partial charge is 0.502 e. The Labute approximate surface area is 81.6 Å².